The molecule has 0 unspecified atom stereocenters. The molecule has 0 saturated carbocycles. The van der Waals surface area contributed by atoms with Crippen LogP contribution in [-0.4, -0.2) is 62.8 Å². The van der Waals surface area contributed by atoms with Crippen LogP contribution in [0.25, 0.3) is 11.1 Å². The second-order valence-corrected chi connectivity index (χ2v) is 9.81. The van der Waals surface area contributed by atoms with Crippen molar-refractivity contribution in [3.63, 3.8) is 0 Å². The maximum atomic E-state index is 13.0. The maximum absolute atomic E-state index is 13.0. The Balaban J connectivity index is 1.51. The molecule has 192 valence electrons. The molecular formula is C24H22F3NO7S. The van der Waals surface area contributed by atoms with Crippen LogP contribution in [0, 0.1) is 0 Å². The number of nitrogens with zero attached hydrogens (tertiary/aromatic N) is 1. The van der Waals surface area contributed by atoms with E-state index >= 15 is 0 Å². The number of carbonyl (C=O) groups excluding carboxylic acids is 2. The fourth-order valence-corrected chi connectivity index (χ4v) is 5.05. The van der Waals surface area contributed by atoms with E-state index in [9.17, 15) is 31.2 Å². The standard InChI is InChI=1S/C24H22F3NO7S/c1-2-11-33-22(29)21-12-15(35-36(31,32)24(25,26)27)13-28(21)23(30)34-14-20-18-9-5-3-7-16(18)17-8-4-6-10-19(17)20/h2-10,15,20-21H,1,11-14H2/t15-,21-/m0/s1. The number of carbonyl (C=O) groups is 2. The van der Waals surface area contributed by atoms with Crippen molar-refractivity contribution in [3.8, 4) is 11.1 Å². The van der Waals surface area contributed by atoms with Crippen molar-refractivity contribution in [2.75, 3.05) is 19.8 Å². The second-order valence-electron chi connectivity index (χ2n) is 8.24. The molecule has 4 rings (SSSR count). The molecule has 1 heterocycles. The van der Waals surface area contributed by atoms with Gasteiger partial charge in [0.2, 0.25) is 0 Å². The third-order valence-electron chi connectivity index (χ3n) is 6.00. The molecule has 1 fully saturated rings. The molecule has 8 nitrogen and oxygen atoms in total. The summed E-state index contributed by atoms with van der Waals surface area (Å²) in [6.45, 7) is 2.48. The number of amides is 1. The van der Waals surface area contributed by atoms with Crippen molar-refractivity contribution in [2.45, 2.75) is 30.0 Å². The summed E-state index contributed by atoms with van der Waals surface area (Å²) >= 11 is 0. The zero-order chi connectivity index (χ0) is 26.1. The molecule has 0 aromatic heterocycles. The summed E-state index contributed by atoms with van der Waals surface area (Å²) in [4.78, 5) is 26.3. The minimum Gasteiger partial charge on any atom is -0.460 e. The first-order chi connectivity index (χ1) is 17.0. The topological polar surface area (TPSA) is 99.2 Å². The quantitative estimate of drug-likeness (QED) is 0.233. The largest absolute Gasteiger partial charge is 0.523 e. The summed E-state index contributed by atoms with van der Waals surface area (Å²) < 4.78 is 75.9. The molecule has 2 aliphatic rings. The molecule has 0 bridgehead atoms. The highest BCUT2D eigenvalue weighted by atomic mass is 32.2. The fourth-order valence-electron chi connectivity index (χ4n) is 4.44. The highest BCUT2D eigenvalue weighted by Crippen LogP contribution is 2.44. The molecular weight excluding hydrogens is 503 g/mol. The average molecular weight is 526 g/mol. The van der Waals surface area contributed by atoms with Gasteiger partial charge in [0.1, 0.15) is 19.3 Å². The number of rotatable bonds is 7. The molecule has 0 N–H and O–H groups in total. The van der Waals surface area contributed by atoms with E-state index in [1.807, 2.05) is 48.5 Å². The normalized spacial score (nSPS) is 19.5. The van der Waals surface area contributed by atoms with Crippen LogP contribution in [0.3, 0.4) is 0 Å². The Hall–Kier alpha value is -3.38. The van der Waals surface area contributed by atoms with Gasteiger partial charge in [-0.05, 0) is 22.3 Å². The summed E-state index contributed by atoms with van der Waals surface area (Å²) in [6, 6.07) is 13.8. The van der Waals surface area contributed by atoms with Crippen molar-refractivity contribution < 1.29 is 44.8 Å². The second kappa shape index (κ2) is 9.94. The van der Waals surface area contributed by atoms with Gasteiger partial charge in [0.05, 0.1) is 12.6 Å². The molecule has 1 aliphatic carbocycles. The molecule has 0 spiro atoms. The van der Waals surface area contributed by atoms with Crippen molar-refractivity contribution in [1.82, 2.24) is 4.90 Å². The predicted octanol–water partition coefficient (Wildman–Crippen LogP) is 3.97. The van der Waals surface area contributed by atoms with Crippen molar-refractivity contribution in [3.05, 3.63) is 72.3 Å². The lowest BCUT2D eigenvalue weighted by molar-refractivity contribution is -0.147. The Kier molecular flexibility index (Phi) is 7.10. The van der Waals surface area contributed by atoms with Crippen LogP contribution in [0.15, 0.2) is 61.2 Å². The molecule has 1 aliphatic heterocycles. The van der Waals surface area contributed by atoms with Gasteiger partial charge in [-0.2, -0.15) is 21.6 Å². The number of hydrogen-bond donors (Lipinski definition) is 0. The van der Waals surface area contributed by atoms with Crippen molar-refractivity contribution in [1.29, 1.82) is 0 Å². The maximum Gasteiger partial charge on any atom is 0.523 e. The number of benzene rings is 2. The summed E-state index contributed by atoms with van der Waals surface area (Å²) in [7, 11) is -5.94. The van der Waals surface area contributed by atoms with Gasteiger partial charge in [0.25, 0.3) is 0 Å². The number of hydrogen-bond acceptors (Lipinski definition) is 7. The third-order valence-corrected chi connectivity index (χ3v) is 7.09. The van der Waals surface area contributed by atoms with E-state index in [-0.39, 0.29) is 19.1 Å². The zero-order valence-corrected chi connectivity index (χ0v) is 19.6. The van der Waals surface area contributed by atoms with E-state index in [0.717, 1.165) is 27.2 Å². The van der Waals surface area contributed by atoms with E-state index in [0.29, 0.717) is 0 Å². The van der Waals surface area contributed by atoms with Crippen LogP contribution < -0.4 is 0 Å². The van der Waals surface area contributed by atoms with Crippen molar-refractivity contribution >= 4 is 22.2 Å². The van der Waals surface area contributed by atoms with E-state index in [1.165, 1.54) is 6.08 Å². The van der Waals surface area contributed by atoms with Crippen molar-refractivity contribution in [2.24, 2.45) is 0 Å². The molecule has 0 radical (unpaired) electrons. The number of ether oxygens (including phenoxy) is 2. The average Bonchev–Trinajstić information content (AvgIpc) is 3.39. The molecule has 2 atom stereocenters. The first-order valence-electron chi connectivity index (χ1n) is 10.9. The van der Waals surface area contributed by atoms with Crippen LogP contribution in [0.1, 0.15) is 23.5 Å². The third kappa shape index (κ3) is 4.96. The van der Waals surface area contributed by atoms with E-state index in [2.05, 4.69) is 10.8 Å². The first-order valence-corrected chi connectivity index (χ1v) is 12.3. The summed E-state index contributed by atoms with van der Waals surface area (Å²) in [6.07, 6.45) is -1.87. The SMILES string of the molecule is C=CCOC(=O)[C@@H]1C[C@H](OS(=O)(=O)C(F)(F)F)CN1C(=O)OCC1c2ccccc2-c2ccccc21. The lowest BCUT2D eigenvalue weighted by Crippen LogP contribution is -2.42. The van der Waals surface area contributed by atoms with Crippen LogP contribution in [0.5, 0.6) is 0 Å². The molecule has 12 heteroatoms. The molecule has 2 aromatic rings. The number of likely N-dealkylation sites (tertiary alicyclic amines) is 1. The molecule has 1 amide bonds. The Labute approximate surface area is 205 Å². The van der Waals surface area contributed by atoms with Gasteiger partial charge in [-0.15, -0.1) is 0 Å². The highest BCUT2D eigenvalue weighted by molar-refractivity contribution is 7.87. The Bertz CT molecular complexity index is 1230. The monoisotopic (exact) mass is 525 g/mol. The summed E-state index contributed by atoms with van der Waals surface area (Å²) in [5.41, 5.74) is -1.79. The summed E-state index contributed by atoms with van der Waals surface area (Å²) in [5, 5.41) is 0. The highest BCUT2D eigenvalue weighted by Gasteiger charge is 2.51. The Morgan fingerprint density at radius 3 is 2.17 bits per heavy atom. The van der Waals surface area contributed by atoms with Gasteiger partial charge >= 0.3 is 27.7 Å². The Morgan fingerprint density at radius 1 is 1.03 bits per heavy atom. The number of esters is 1. The van der Waals surface area contributed by atoms with Crippen LogP contribution in [-0.2, 0) is 28.6 Å². The smallest absolute Gasteiger partial charge is 0.460 e. The fraction of sp³-hybridized carbons (Fsp3) is 0.333. The van der Waals surface area contributed by atoms with E-state index in [4.69, 9.17) is 9.47 Å². The number of halogens is 3. The summed E-state index contributed by atoms with van der Waals surface area (Å²) in [5.74, 6) is -1.24. The van der Waals surface area contributed by atoms with Gasteiger partial charge in [-0.1, -0.05) is 61.2 Å². The Morgan fingerprint density at radius 2 is 1.61 bits per heavy atom. The predicted molar refractivity (Wildman–Crippen MR) is 121 cm³/mol. The zero-order valence-electron chi connectivity index (χ0n) is 18.8. The van der Waals surface area contributed by atoms with Gasteiger partial charge < -0.3 is 9.47 Å². The molecule has 1 saturated heterocycles. The lowest BCUT2D eigenvalue weighted by atomic mass is 9.98. The van der Waals surface area contributed by atoms with Crippen LogP contribution >= 0.6 is 0 Å². The van der Waals surface area contributed by atoms with Gasteiger partial charge in [0, 0.05) is 12.3 Å². The first kappa shape index (κ1) is 25.7. The van der Waals surface area contributed by atoms with Gasteiger partial charge in [-0.3, -0.25) is 9.08 Å². The van der Waals surface area contributed by atoms with E-state index < -0.39 is 52.8 Å². The van der Waals surface area contributed by atoms with Gasteiger partial charge in [0.15, 0.2) is 0 Å². The minimum atomic E-state index is -5.94. The molecule has 36 heavy (non-hydrogen) atoms. The molecule has 2 aromatic carbocycles. The minimum absolute atomic E-state index is 0.107. The lowest BCUT2D eigenvalue weighted by Gasteiger charge is -2.23. The number of fused-ring (bicyclic) bond motifs is 3. The van der Waals surface area contributed by atoms with Crippen LogP contribution in [0.4, 0.5) is 18.0 Å². The van der Waals surface area contributed by atoms with Crippen LogP contribution in [0.2, 0.25) is 0 Å². The van der Waals surface area contributed by atoms with Gasteiger partial charge in [-0.25, -0.2) is 9.59 Å². The van der Waals surface area contributed by atoms with E-state index in [1.54, 1.807) is 0 Å². The number of alkyl halides is 3.